The molecule has 36 heteroatoms. The number of fused-ring (bicyclic) bond motifs is 10. The summed E-state index contributed by atoms with van der Waals surface area (Å²) in [5.74, 6) is 2.31. The molecule has 0 saturated carbocycles. The molecule has 32 nitrogen and oxygen atoms in total. The highest BCUT2D eigenvalue weighted by molar-refractivity contribution is 7.59. The Morgan fingerprint density at radius 3 is 1.44 bits per heavy atom. The molecule has 5 aromatic carbocycles. The van der Waals surface area contributed by atoms with Gasteiger partial charge < -0.3 is 77.8 Å². The molecule has 0 spiro atoms. The van der Waals surface area contributed by atoms with Crippen LogP contribution < -0.4 is 43.6 Å². The van der Waals surface area contributed by atoms with Crippen molar-refractivity contribution in [3.8, 4) is 42.0 Å². The lowest BCUT2D eigenvalue weighted by Gasteiger charge is -2.42. The Hall–Kier alpha value is -11.4. The average molecular weight is 1880 g/mol. The number of amides is 3. The number of carbonyl (C=O) groups excluding carboxylic acids is 3. The van der Waals surface area contributed by atoms with Gasteiger partial charge in [0, 0.05) is 174 Å². The molecule has 4 bridgehead atoms. The molecule has 19 rings (SSSR count). The van der Waals surface area contributed by atoms with Gasteiger partial charge in [0.05, 0.1) is 148 Å². The fourth-order valence-electron chi connectivity index (χ4n) is 20.6. The van der Waals surface area contributed by atoms with Crippen LogP contribution in [0.4, 0.5) is 34.5 Å². The second kappa shape index (κ2) is 45.1. The molecule has 4 aromatic heterocycles. The number of carbonyl (C=O) groups is 3. The summed E-state index contributed by atoms with van der Waals surface area (Å²) in [6.45, 7) is 31.5. The van der Waals surface area contributed by atoms with Crippen LogP contribution in [0.15, 0.2) is 135 Å². The van der Waals surface area contributed by atoms with Crippen molar-refractivity contribution in [2.75, 3.05) is 181 Å². The van der Waals surface area contributed by atoms with Crippen LogP contribution in [0.3, 0.4) is 0 Å². The molecule has 9 aromatic rings. The van der Waals surface area contributed by atoms with Crippen LogP contribution in [0.2, 0.25) is 0 Å². The lowest BCUT2D eigenvalue weighted by atomic mass is 10.0. The second-order valence-electron chi connectivity index (χ2n) is 35.4. The number of likely N-dealkylation sites (tertiary alicyclic amines) is 2. The number of phenolic OH excluding ortho intramolecular Hbond substituents is 1. The van der Waals surface area contributed by atoms with Gasteiger partial charge in [-0.3, -0.25) is 29.3 Å². The summed E-state index contributed by atoms with van der Waals surface area (Å²) in [7, 11) is 4.02. The van der Waals surface area contributed by atoms with Crippen molar-refractivity contribution in [1.29, 1.82) is 15.8 Å². The molecular weight excluding hydrogens is 1760 g/mol. The third kappa shape index (κ3) is 22.2. The number of benzene rings is 5. The number of hydrogen-bond donors (Lipinski definition) is 2. The van der Waals surface area contributed by atoms with Gasteiger partial charge in [0.1, 0.15) is 29.3 Å². The number of rotatable bonds is 26. The van der Waals surface area contributed by atoms with Crippen molar-refractivity contribution in [3.05, 3.63) is 174 Å². The number of ether oxygens (including phenoxy) is 5. The zero-order valence-corrected chi connectivity index (χ0v) is 80.3. The number of aromatic nitrogens is 8. The van der Waals surface area contributed by atoms with Crippen LogP contribution in [-0.4, -0.2) is 293 Å². The highest BCUT2D eigenvalue weighted by atomic mass is 32.1. The minimum Gasteiger partial charge on any atom is -0.508 e. The van der Waals surface area contributed by atoms with Crippen molar-refractivity contribution >= 4 is 139 Å². The topological polar surface area (TPSA) is 334 Å². The first-order valence-electron chi connectivity index (χ1n) is 45.4. The zero-order valence-electron chi connectivity index (χ0n) is 76.3. The van der Waals surface area contributed by atoms with E-state index in [1.807, 2.05) is 51.5 Å². The van der Waals surface area contributed by atoms with E-state index in [1.54, 1.807) is 20.8 Å². The van der Waals surface area contributed by atoms with E-state index in [2.05, 4.69) is 160 Å². The van der Waals surface area contributed by atoms with E-state index in [0.717, 1.165) is 188 Å². The van der Waals surface area contributed by atoms with Crippen LogP contribution in [0, 0.1) is 40.9 Å². The van der Waals surface area contributed by atoms with E-state index in [1.165, 1.54) is 40.3 Å². The number of likely N-dealkylation sites (N-methyl/N-ethyl adjacent to an activating group) is 1. The van der Waals surface area contributed by atoms with Gasteiger partial charge in [-0.25, -0.2) is 0 Å². The molecule has 3 unspecified atom stereocenters. The lowest BCUT2D eigenvalue weighted by molar-refractivity contribution is -0.129. The normalized spacial score (nSPS) is 20.8. The van der Waals surface area contributed by atoms with E-state index in [4.69, 9.17) is 53.6 Å². The second-order valence-corrected chi connectivity index (χ2v) is 35.4. The van der Waals surface area contributed by atoms with Crippen LogP contribution in [-0.2, 0) is 62.8 Å². The molecule has 3 amide bonds. The molecular formula is C97H123N23O9S4. The number of aromatic amines is 1. The maximum atomic E-state index is 12.6. The van der Waals surface area contributed by atoms with E-state index < -0.39 is 0 Å². The monoisotopic (exact) mass is 1880 g/mol. The Morgan fingerprint density at radius 1 is 0.534 bits per heavy atom. The molecule has 7 fully saturated rings. The lowest BCUT2D eigenvalue weighted by Crippen LogP contribution is -2.55. The summed E-state index contributed by atoms with van der Waals surface area (Å²) in [5, 5.41) is 52.0. The number of nitrogens with one attached hydrogen (secondary N) is 1. The Labute approximate surface area is 805 Å². The SMILES string of the molecule is C=CC(=O)N1CCN(c2nc(OCCCN3C[C@@H]4C[C@H]3CO4)nc3c2CCN(c2cc(O)cc4ccccc24)C3)CC1CC#N.C=CC(=O)N1CCN(c2nc(OCCCN3C[C@@H]4C[C@H]3CO4)nc3c2CCN(c2cccc4ccccc24)C3)CC1CC#N.C=CC(=O)N1CCN(c2nc(O[C@H](C)CN(C)C)nc3c2CCN(c2c(C)ccc4[nH]ncc24)C3)CC1CC#N.S.S.S.S. The van der Waals surface area contributed by atoms with Crippen molar-refractivity contribution in [2.45, 2.75) is 146 Å². The summed E-state index contributed by atoms with van der Waals surface area (Å²) in [4.78, 5) is 93.2. The summed E-state index contributed by atoms with van der Waals surface area (Å²) in [6, 6.07) is 39.0. The summed E-state index contributed by atoms with van der Waals surface area (Å²) in [6.07, 6.45) is 13.6. The van der Waals surface area contributed by atoms with Gasteiger partial charge in [0.25, 0.3) is 0 Å². The van der Waals surface area contributed by atoms with E-state index >= 15 is 0 Å². The third-order valence-corrected chi connectivity index (χ3v) is 26.8. The van der Waals surface area contributed by atoms with E-state index in [-0.39, 0.29) is 121 Å². The number of aryl methyl sites for hydroxylation is 1. The third-order valence-electron chi connectivity index (χ3n) is 26.8. The predicted molar refractivity (Wildman–Crippen MR) is 535 cm³/mol. The molecule has 0 aliphatic carbocycles. The summed E-state index contributed by atoms with van der Waals surface area (Å²) < 4.78 is 30.2. The van der Waals surface area contributed by atoms with E-state index in [9.17, 15) is 35.3 Å². The number of nitrogens with zero attached hydrogens (tertiary/aromatic N) is 22. The molecule has 7 saturated heterocycles. The first kappa shape index (κ1) is 99.1. The number of H-pyrrole nitrogens is 1. The maximum absolute atomic E-state index is 12.6. The van der Waals surface area contributed by atoms with Crippen LogP contribution in [0.25, 0.3) is 32.4 Å². The van der Waals surface area contributed by atoms with Gasteiger partial charge in [-0.15, -0.1) is 0 Å². The number of phenols is 1. The minimum atomic E-state index is -0.261. The summed E-state index contributed by atoms with van der Waals surface area (Å²) >= 11 is 0. The molecule has 10 aliphatic rings. The van der Waals surface area contributed by atoms with Crippen LogP contribution >= 0.6 is 54.0 Å². The number of piperazine rings is 3. The van der Waals surface area contributed by atoms with Gasteiger partial charge in [-0.2, -0.15) is 105 Å². The molecule has 0 radical (unpaired) electrons. The Balaban J connectivity index is 0.000000167. The predicted octanol–water partition coefficient (Wildman–Crippen LogP) is 9.93. The summed E-state index contributed by atoms with van der Waals surface area (Å²) in [5.41, 5.74) is 11.6. The number of hydrogen-bond acceptors (Lipinski definition) is 28. The molecule has 14 heterocycles. The molecule has 10 aliphatic heterocycles. The van der Waals surface area contributed by atoms with Gasteiger partial charge in [0.15, 0.2) is 0 Å². The number of anilines is 6. The Morgan fingerprint density at radius 2 is 0.977 bits per heavy atom. The van der Waals surface area contributed by atoms with Crippen molar-refractivity contribution in [3.63, 3.8) is 0 Å². The first-order valence-corrected chi connectivity index (χ1v) is 45.4. The Bertz CT molecular complexity index is 5790. The first-order chi connectivity index (χ1) is 62.9. The number of aromatic hydroxyl groups is 1. The van der Waals surface area contributed by atoms with Gasteiger partial charge >= 0.3 is 18.0 Å². The molecule has 704 valence electrons. The quantitative estimate of drug-likeness (QED) is 0.0376. The van der Waals surface area contributed by atoms with Crippen molar-refractivity contribution < 1.29 is 43.2 Å². The highest BCUT2D eigenvalue weighted by Gasteiger charge is 2.42. The molecule has 8 atom stereocenters. The van der Waals surface area contributed by atoms with Crippen molar-refractivity contribution in [1.82, 2.24) is 69.5 Å². The number of morpholine rings is 2. The molecule has 2 N–H and O–H groups in total. The maximum Gasteiger partial charge on any atom is 0.318 e. The van der Waals surface area contributed by atoms with Gasteiger partial charge in [-0.05, 0) is 126 Å². The fourth-order valence-corrected chi connectivity index (χ4v) is 20.6. The fraction of sp³-hybridized carbons (Fsp3) is 0.474. The highest BCUT2D eigenvalue weighted by Crippen LogP contribution is 2.42. The standard InChI is InChI=1S/C34H39N7O4.C34H39N7O3.C29H37N9O2.4H2S/c1-2-32(43)41-14-13-40(19-24(41)8-10-35)33-29-9-12-39(31-18-26(42)16-23-6-3-4-7-28(23)31)21-30(29)36-34(37-33)44-15-5-11-38-20-27-17-25(38)22-45-27;1-2-32(42)41-17-16-40(20-25(41)11-13-35)33-29-12-15-39(31-10-5-8-24-7-3-4-9-28(24)31)22-30(29)36-34(37-33)43-18-6-14-38-21-27-19-26(38)23-44-27;1-6-26(39)38-14-13-37(17-21(38)9-11-30)28-22-10-12-36(27-19(2)7-8-24-23(27)15-31-34-24)18-25(22)32-29(33-28)40-20(3)16-35(4)5;;;;/h2-4,6-7,16,18,24-25,27,42H,1,5,8-9,11-15,17,19-22H2;2-5,7-10,25-27H,1,6,11-12,14-23H2;6-8,15,20-21H,1,9-10,12-14,16-18H2,2-5H3,(H,31,34);4*1H2/t24?,25-,27-;25?,26-,27-;20-,21?;;;;/m001..../s1. The molecule has 133 heavy (non-hydrogen) atoms. The van der Waals surface area contributed by atoms with Crippen molar-refractivity contribution in [2.24, 2.45) is 0 Å². The van der Waals surface area contributed by atoms with Gasteiger partial charge in [0.2, 0.25) is 17.7 Å². The average Bonchev–Trinajstić information content (AvgIpc) is 1.34. The largest absolute Gasteiger partial charge is 0.508 e. The van der Waals surface area contributed by atoms with Crippen LogP contribution in [0.5, 0.6) is 23.8 Å². The minimum absolute atomic E-state index is 0. The zero-order chi connectivity index (χ0) is 89.3. The van der Waals surface area contributed by atoms with Crippen LogP contribution in [0.1, 0.15) is 91.2 Å². The van der Waals surface area contributed by atoms with E-state index in [0.29, 0.717) is 140 Å². The Kier molecular flexibility index (Phi) is 33.6. The van der Waals surface area contributed by atoms with Gasteiger partial charge in [-0.1, -0.05) is 86.5 Å². The smallest absolute Gasteiger partial charge is 0.318 e. The number of nitriles is 3.